The summed E-state index contributed by atoms with van der Waals surface area (Å²) in [6.07, 6.45) is 2.21. The molecule has 0 bridgehead atoms. The van der Waals surface area contributed by atoms with Gasteiger partial charge in [0.15, 0.2) is 0 Å². The summed E-state index contributed by atoms with van der Waals surface area (Å²) in [7, 11) is 0. The standard InChI is InChI=1S/C10H14N2O4/c1-2-15-10(13)8-5-11-12-9(8)16-7-3-4-14-6-7/h5,7H,2-4,6H2,1H3,(H,11,12). The molecule has 0 spiro atoms. The van der Waals surface area contributed by atoms with E-state index < -0.39 is 5.97 Å². The molecular weight excluding hydrogens is 212 g/mol. The third kappa shape index (κ3) is 2.33. The monoisotopic (exact) mass is 226 g/mol. The third-order valence-electron chi connectivity index (χ3n) is 2.27. The lowest BCUT2D eigenvalue weighted by Gasteiger charge is -2.10. The molecule has 0 aliphatic carbocycles. The zero-order valence-corrected chi connectivity index (χ0v) is 9.06. The summed E-state index contributed by atoms with van der Waals surface area (Å²) < 4.78 is 15.6. The number of carbonyl (C=O) groups excluding carboxylic acids is 1. The van der Waals surface area contributed by atoms with E-state index in [1.54, 1.807) is 6.92 Å². The number of esters is 1. The molecule has 1 saturated heterocycles. The van der Waals surface area contributed by atoms with Gasteiger partial charge in [-0.05, 0) is 6.92 Å². The van der Waals surface area contributed by atoms with E-state index in [1.807, 2.05) is 0 Å². The molecule has 0 saturated carbocycles. The van der Waals surface area contributed by atoms with Crippen LogP contribution in [0.1, 0.15) is 23.7 Å². The minimum absolute atomic E-state index is 0.0198. The molecule has 2 rings (SSSR count). The molecule has 1 N–H and O–H groups in total. The van der Waals surface area contributed by atoms with Crippen molar-refractivity contribution in [1.29, 1.82) is 0 Å². The van der Waals surface area contributed by atoms with E-state index in [-0.39, 0.29) is 6.10 Å². The summed E-state index contributed by atoms with van der Waals surface area (Å²) in [4.78, 5) is 11.5. The molecule has 1 unspecified atom stereocenters. The number of hydrogen-bond donors (Lipinski definition) is 1. The predicted molar refractivity (Wildman–Crippen MR) is 54.4 cm³/mol. The van der Waals surface area contributed by atoms with Crippen molar-refractivity contribution in [2.45, 2.75) is 19.4 Å². The van der Waals surface area contributed by atoms with Gasteiger partial charge in [-0.15, -0.1) is 0 Å². The van der Waals surface area contributed by atoms with Gasteiger partial charge in [0.25, 0.3) is 0 Å². The largest absolute Gasteiger partial charge is 0.471 e. The number of rotatable bonds is 4. The molecule has 1 aliphatic heterocycles. The molecule has 6 heteroatoms. The first-order valence-corrected chi connectivity index (χ1v) is 5.26. The maximum Gasteiger partial charge on any atom is 0.345 e. The number of ether oxygens (including phenoxy) is 3. The van der Waals surface area contributed by atoms with Crippen LogP contribution < -0.4 is 4.74 Å². The molecular formula is C10H14N2O4. The maximum atomic E-state index is 11.5. The maximum absolute atomic E-state index is 11.5. The second-order valence-electron chi connectivity index (χ2n) is 3.44. The van der Waals surface area contributed by atoms with Crippen molar-refractivity contribution < 1.29 is 19.0 Å². The van der Waals surface area contributed by atoms with Gasteiger partial charge < -0.3 is 14.2 Å². The quantitative estimate of drug-likeness (QED) is 0.767. The molecule has 1 atom stereocenters. The highest BCUT2D eigenvalue weighted by molar-refractivity contribution is 5.91. The first-order chi connectivity index (χ1) is 7.81. The van der Waals surface area contributed by atoms with Gasteiger partial charge in [-0.2, -0.15) is 5.10 Å². The van der Waals surface area contributed by atoms with Gasteiger partial charge >= 0.3 is 5.97 Å². The molecule has 1 fully saturated rings. The smallest absolute Gasteiger partial charge is 0.345 e. The van der Waals surface area contributed by atoms with Crippen molar-refractivity contribution in [2.24, 2.45) is 0 Å². The van der Waals surface area contributed by atoms with Crippen LogP contribution in [0, 0.1) is 0 Å². The Morgan fingerprint density at radius 3 is 3.31 bits per heavy atom. The second-order valence-corrected chi connectivity index (χ2v) is 3.44. The summed E-state index contributed by atoms with van der Waals surface area (Å²) in [5.41, 5.74) is 0.328. The van der Waals surface area contributed by atoms with E-state index >= 15 is 0 Å². The fourth-order valence-electron chi connectivity index (χ4n) is 1.49. The Labute approximate surface area is 92.9 Å². The van der Waals surface area contributed by atoms with Gasteiger partial charge in [0.1, 0.15) is 11.7 Å². The zero-order valence-electron chi connectivity index (χ0n) is 9.06. The van der Waals surface area contributed by atoms with E-state index in [1.165, 1.54) is 6.20 Å². The minimum atomic E-state index is -0.426. The first kappa shape index (κ1) is 10.9. The van der Waals surface area contributed by atoms with Crippen molar-refractivity contribution in [3.63, 3.8) is 0 Å². The Bertz CT molecular complexity index is 357. The Morgan fingerprint density at radius 1 is 1.75 bits per heavy atom. The molecule has 6 nitrogen and oxygen atoms in total. The van der Waals surface area contributed by atoms with E-state index in [2.05, 4.69) is 10.2 Å². The SMILES string of the molecule is CCOC(=O)c1cn[nH]c1OC1CCOC1. The van der Waals surface area contributed by atoms with Crippen LogP contribution >= 0.6 is 0 Å². The van der Waals surface area contributed by atoms with Crippen LogP contribution in [0.3, 0.4) is 0 Å². The van der Waals surface area contributed by atoms with Crippen molar-refractivity contribution in [1.82, 2.24) is 10.2 Å². The van der Waals surface area contributed by atoms with Gasteiger partial charge in [-0.1, -0.05) is 0 Å². The number of aromatic nitrogens is 2. The number of nitrogens with zero attached hydrogens (tertiary/aromatic N) is 1. The topological polar surface area (TPSA) is 73.4 Å². The molecule has 2 heterocycles. The zero-order chi connectivity index (χ0) is 11.4. The fourth-order valence-corrected chi connectivity index (χ4v) is 1.49. The molecule has 88 valence electrons. The van der Waals surface area contributed by atoms with Crippen LogP contribution in [-0.2, 0) is 9.47 Å². The summed E-state index contributed by atoms with van der Waals surface area (Å²) in [5.74, 6) is -0.0703. The second kappa shape index (κ2) is 4.98. The van der Waals surface area contributed by atoms with Crippen molar-refractivity contribution in [3.05, 3.63) is 11.8 Å². The van der Waals surface area contributed by atoms with Gasteiger partial charge in [-0.25, -0.2) is 9.89 Å². The normalized spacial score (nSPS) is 19.7. The van der Waals surface area contributed by atoms with Gasteiger partial charge in [0, 0.05) is 6.42 Å². The van der Waals surface area contributed by atoms with Crippen LogP contribution in [0.2, 0.25) is 0 Å². The molecule has 0 amide bonds. The highest BCUT2D eigenvalue weighted by atomic mass is 16.6. The number of H-pyrrole nitrogens is 1. The van der Waals surface area contributed by atoms with Crippen molar-refractivity contribution >= 4 is 5.97 Å². The van der Waals surface area contributed by atoms with Gasteiger partial charge in [0.05, 0.1) is 26.0 Å². The molecule has 0 aromatic carbocycles. The van der Waals surface area contributed by atoms with Crippen LogP contribution in [-0.4, -0.2) is 42.1 Å². The average Bonchev–Trinajstić information content (AvgIpc) is 2.90. The summed E-state index contributed by atoms with van der Waals surface area (Å²) in [6, 6.07) is 0. The van der Waals surface area contributed by atoms with Crippen molar-refractivity contribution in [3.8, 4) is 5.88 Å². The van der Waals surface area contributed by atoms with Crippen LogP contribution in [0.4, 0.5) is 0 Å². The lowest BCUT2D eigenvalue weighted by molar-refractivity contribution is 0.0517. The molecule has 1 aromatic rings. The summed E-state index contributed by atoms with van der Waals surface area (Å²) in [5, 5.41) is 6.42. The van der Waals surface area contributed by atoms with E-state index in [4.69, 9.17) is 14.2 Å². The number of aromatic amines is 1. The van der Waals surface area contributed by atoms with E-state index in [0.717, 1.165) is 6.42 Å². The Kier molecular flexibility index (Phi) is 3.40. The number of nitrogens with one attached hydrogen (secondary N) is 1. The van der Waals surface area contributed by atoms with Crippen LogP contribution in [0.5, 0.6) is 5.88 Å². The molecule has 1 aromatic heterocycles. The fraction of sp³-hybridized carbons (Fsp3) is 0.600. The number of carbonyl (C=O) groups is 1. The first-order valence-electron chi connectivity index (χ1n) is 5.26. The highest BCUT2D eigenvalue weighted by Crippen LogP contribution is 2.19. The lowest BCUT2D eigenvalue weighted by atomic mass is 10.3. The highest BCUT2D eigenvalue weighted by Gasteiger charge is 2.22. The van der Waals surface area contributed by atoms with Gasteiger partial charge in [-0.3, -0.25) is 0 Å². The Balaban J connectivity index is 2.03. The van der Waals surface area contributed by atoms with Crippen molar-refractivity contribution in [2.75, 3.05) is 19.8 Å². The Hall–Kier alpha value is -1.56. The number of hydrogen-bond acceptors (Lipinski definition) is 5. The lowest BCUT2D eigenvalue weighted by Crippen LogP contribution is -2.17. The predicted octanol–water partition coefficient (Wildman–Crippen LogP) is 0.754. The van der Waals surface area contributed by atoms with E-state index in [9.17, 15) is 4.79 Å². The minimum Gasteiger partial charge on any atom is -0.471 e. The Morgan fingerprint density at radius 2 is 2.62 bits per heavy atom. The van der Waals surface area contributed by atoms with E-state index in [0.29, 0.717) is 31.3 Å². The molecule has 0 radical (unpaired) electrons. The van der Waals surface area contributed by atoms with Crippen LogP contribution in [0.25, 0.3) is 0 Å². The van der Waals surface area contributed by atoms with Crippen LogP contribution in [0.15, 0.2) is 6.20 Å². The summed E-state index contributed by atoms with van der Waals surface area (Å²) in [6.45, 7) is 3.31. The van der Waals surface area contributed by atoms with Gasteiger partial charge in [0.2, 0.25) is 5.88 Å². The average molecular weight is 226 g/mol. The summed E-state index contributed by atoms with van der Waals surface area (Å²) >= 11 is 0. The third-order valence-corrected chi connectivity index (χ3v) is 2.27. The molecule has 1 aliphatic rings. The molecule has 16 heavy (non-hydrogen) atoms.